The SMILES string of the molecule is C=NCCCc1ccc(-c2ccc(C(=O)NC(CCN)C(=O)NC(C(=O)NC(C)C(=O)NC(CCCCN)C(=O)NC(C)B(O)O)C(O)N=C)cc2)cc1. The van der Waals surface area contributed by atoms with E-state index in [-0.39, 0.29) is 24.9 Å². The second kappa shape index (κ2) is 23.6. The number of hydrogen-bond acceptors (Lipinski definition) is 12. The lowest BCUT2D eigenvalue weighted by molar-refractivity contribution is -0.135. The molecular formula is C36H54BN9O8. The van der Waals surface area contributed by atoms with Gasteiger partial charge in [-0.3, -0.25) is 29.0 Å². The topological polar surface area (TPSA) is 283 Å². The Labute approximate surface area is 316 Å². The maximum atomic E-state index is 13.4. The Morgan fingerprint density at radius 1 is 0.722 bits per heavy atom. The van der Waals surface area contributed by atoms with Gasteiger partial charge in [-0.05, 0) is 108 Å². The molecule has 54 heavy (non-hydrogen) atoms. The zero-order chi connectivity index (χ0) is 40.2. The molecule has 0 aliphatic carbocycles. The van der Waals surface area contributed by atoms with Crippen LogP contribution in [0.5, 0.6) is 0 Å². The summed E-state index contributed by atoms with van der Waals surface area (Å²) in [7, 11) is -1.83. The van der Waals surface area contributed by atoms with Crippen LogP contribution in [0.3, 0.4) is 0 Å². The van der Waals surface area contributed by atoms with Crippen molar-refractivity contribution in [1.82, 2.24) is 26.6 Å². The van der Waals surface area contributed by atoms with Gasteiger partial charge in [-0.2, -0.15) is 0 Å². The monoisotopic (exact) mass is 751 g/mol. The molecule has 0 heterocycles. The van der Waals surface area contributed by atoms with E-state index in [4.69, 9.17) is 11.5 Å². The van der Waals surface area contributed by atoms with Gasteiger partial charge in [-0.15, -0.1) is 0 Å². The van der Waals surface area contributed by atoms with Crippen LogP contribution >= 0.6 is 0 Å². The van der Waals surface area contributed by atoms with E-state index in [9.17, 15) is 39.1 Å². The van der Waals surface area contributed by atoms with Crippen LogP contribution in [0.2, 0.25) is 0 Å². The molecule has 0 saturated heterocycles. The minimum absolute atomic E-state index is 0.0101. The standard InChI is InChI=1S/C36H54BN9O8/c1-22(31(47)44-28(9-5-6-19-38)33(49)43-23(2)37(53)54)42-36(52)30(35(51)41-4)46-34(50)29(18-20-39)45-32(48)27-16-14-26(15-17-27)25-12-10-24(11-13-25)8-7-21-40-3/h10-17,22-23,28-30,35,51,53-54H,3-9,18-21,38-39H2,1-2H3,(H,42,52)(H,43,49)(H,44,47)(H,45,48)(H,46,50). The Balaban J connectivity index is 2.10. The van der Waals surface area contributed by atoms with Gasteiger partial charge in [0.25, 0.3) is 5.91 Å². The van der Waals surface area contributed by atoms with E-state index in [0.717, 1.165) is 24.0 Å². The molecule has 6 atom stereocenters. The number of rotatable bonds is 24. The van der Waals surface area contributed by atoms with Crippen LogP contribution in [-0.4, -0.2) is 121 Å². The molecule has 6 unspecified atom stereocenters. The van der Waals surface area contributed by atoms with Crippen molar-refractivity contribution in [3.63, 3.8) is 0 Å². The predicted molar refractivity (Wildman–Crippen MR) is 207 cm³/mol. The average molecular weight is 752 g/mol. The number of hydrogen-bond donors (Lipinski definition) is 10. The molecular weight excluding hydrogens is 697 g/mol. The maximum absolute atomic E-state index is 13.4. The van der Waals surface area contributed by atoms with Gasteiger partial charge >= 0.3 is 7.12 Å². The number of aliphatic imine (C=N–C) groups is 2. The van der Waals surface area contributed by atoms with E-state index in [2.05, 4.69) is 50.0 Å². The van der Waals surface area contributed by atoms with Crippen LogP contribution in [0.15, 0.2) is 58.5 Å². The number of amides is 5. The van der Waals surface area contributed by atoms with E-state index < -0.39 is 73.0 Å². The summed E-state index contributed by atoms with van der Waals surface area (Å²) in [6.07, 6.45) is 1.13. The van der Waals surface area contributed by atoms with Crippen molar-refractivity contribution in [1.29, 1.82) is 0 Å². The molecule has 294 valence electrons. The first-order valence-corrected chi connectivity index (χ1v) is 17.8. The lowest BCUT2D eigenvalue weighted by Gasteiger charge is -2.26. The molecule has 0 aliphatic rings. The fourth-order valence-corrected chi connectivity index (χ4v) is 5.21. The second-order valence-corrected chi connectivity index (χ2v) is 12.8. The van der Waals surface area contributed by atoms with E-state index in [1.807, 2.05) is 24.3 Å². The number of carbonyl (C=O) groups excluding carboxylic acids is 5. The first kappa shape index (κ1) is 45.2. The Bertz CT molecular complexity index is 1550. The van der Waals surface area contributed by atoms with Gasteiger partial charge in [0, 0.05) is 12.1 Å². The largest absolute Gasteiger partial charge is 0.475 e. The summed E-state index contributed by atoms with van der Waals surface area (Å²) in [6.45, 7) is 10.5. The zero-order valence-corrected chi connectivity index (χ0v) is 30.9. The normalized spacial score (nSPS) is 14.2. The van der Waals surface area contributed by atoms with Crippen molar-refractivity contribution in [3.05, 3.63) is 59.7 Å². The number of aryl methyl sites for hydroxylation is 1. The summed E-state index contributed by atoms with van der Waals surface area (Å²) < 4.78 is 0. The lowest BCUT2D eigenvalue weighted by Crippen LogP contribution is -2.60. The van der Waals surface area contributed by atoms with Crippen molar-refractivity contribution in [3.8, 4) is 11.1 Å². The molecule has 2 aromatic rings. The van der Waals surface area contributed by atoms with Crippen molar-refractivity contribution >= 4 is 50.1 Å². The van der Waals surface area contributed by atoms with Gasteiger partial charge in [0.05, 0.1) is 5.94 Å². The first-order chi connectivity index (χ1) is 25.8. The molecule has 0 spiro atoms. The third-order valence-electron chi connectivity index (χ3n) is 8.51. The summed E-state index contributed by atoms with van der Waals surface area (Å²) in [5, 5.41) is 41.5. The van der Waals surface area contributed by atoms with Gasteiger partial charge < -0.3 is 58.2 Å². The van der Waals surface area contributed by atoms with Crippen molar-refractivity contribution in [2.75, 3.05) is 19.6 Å². The fourth-order valence-electron chi connectivity index (χ4n) is 5.21. The van der Waals surface area contributed by atoms with Crippen molar-refractivity contribution in [2.24, 2.45) is 21.5 Å². The molecule has 0 aromatic heterocycles. The fraction of sp³-hybridized carbons (Fsp3) is 0.472. The number of aliphatic hydroxyl groups excluding tert-OH is 1. The van der Waals surface area contributed by atoms with E-state index in [1.54, 1.807) is 24.3 Å². The van der Waals surface area contributed by atoms with Gasteiger partial charge in [0.1, 0.15) is 18.1 Å². The van der Waals surface area contributed by atoms with Crippen molar-refractivity contribution < 1.29 is 39.1 Å². The summed E-state index contributed by atoms with van der Waals surface area (Å²) in [5.74, 6) is -4.94. The number of nitrogens with one attached hydrogen (secondary N) is 5. The van der Waals surface area contributed by atoms with Crippen LogP contribution < -0.4 is 38.1 Å². The third-order valence-corrected chi connectivity index (χ3v) is 8.51. The molecule has 0 saturated carbocycles. The van der Waals surface area contributed by atoms with Crippen LogP contribution in [0.4, 0.5) is 0 Å². The smallest absolute Gasteiger partial charge is 0.426 e. The Morgan fingerprint density at radius 3 is 1.87 bits per heavy atom. The molecule has 0 fully saturated rings. The van der Waals surface area contributed by atoms with Gasteiger partial charge in [0.15, 0.2) is 12.3 Å². The number of unbranched alkanes of at least 4 members (excludes halogenated alkanes) is 1. The van der Waals surface area contributed by atoms with E-state index in [1.165, 1.54) is 19.4 Å². The van der Waals surface area contributed by atoms with Crippen LogP contribution in [-0.2, 0) is 25.6 Å². The second-order valence-electron chi connectivity index (χ2n) is 12.8. The highest BCUT2D eigenvalue weighted by Crippen LogP contribution is 2.21. The minimum atomic E-state index is -1.84. The maximum Gasteiger partial charge on any atom is 0.475 e. The zero-order valence-electron chi connectivity index (χ0n) is 30.9. The van der Waals surface area contributed by atoms with Crippen molar-refractivity contribution in [2.45, 2.75) is 88.7 Å². The summed E-state index contributed by atoms with van der Waals surface area (Å²) in [6, 6.07) is 9.52. The summed E-state index contributed by atoms with van der Waals surface area (Å²) >= 11 is 0. The average Bonchev–Trinajstić information content (AvgIpc) is 3.16. The Morgan fingerprint density at radius 2 is 1.31 bits per heavy atom. The minimum Gasteiger partial charge on any atom is -0.426 e. The molecule has 17 nitrogen and oxygen atoms in total. The number of nitrogens with two attached hydrogens (primary N) is 2. The number of carbonyl (C=O) groups is 5. The van der Waals surface area contributed by atoms with E-state index in [0.29, 0.717) is 25.9 Å². The molecule has 12 N–H and O–H groups in total. The third kappa shape index (κ3) is 14.8. The summed E-state index contributed by atoms with van der Waals surface area (Å²) in [4.78, 5) is 73.0. The first-order valence-electron chi connectivity index (χ1n) is 17.8. The summed E-state index contributed by atoms with van der Waals surface area (Å²) in [5.41, 5.74) is 14.6. The highest BCUT2D eigenvalue weighted by atomic mass is 16.4. The number of nitrogens with zero attached hydrogens (tertiary/aromatic N) is 2. The van der Waals surface area contributed by atoms with Gasteiger partial charge in [-0.1, -0.05) is 36.4 Å². The van der Waals surface area contributed by atoms with Crippen LogP contribution in [0.25, 0.3) is 11.1 Å². The molecule has 5 amide bonds. The highest BCUT2D eigenvalue weighted by Gasteiger charge is 2.34. The van der Waals surface area contributed by atoms with Crippen LogP contribution in [0.1, 0.15) is 61.9 Å². The van der Waals surface area contributed by atoms with Gasteiger partial charge in [-0.25, -0.2) is 0 Å². The van der Waals surface area contributed by atoms with Gasteiger partial charge in [0.2, 0.25) is 23.6 Å². The van der Waals surface area contributed by atoms with E-state index >= 15 is 0 Å². The molecule has 0 bridgehead atoms. The molecule has 2 aromatic carbocycles. The highest BCUT2D eigenvalue weighted by molar-refractivity contribution is 6.43. The number of benzene rings is 2. The Kier molecular flexibility index (Phi) is 19.7. The lowest BCUT2D eigenvalue weighted by atomic mass is 9.81. The molecule has 0 aliphatic heterocycles. The molecule has 2 rings (SSSR count). The van der Waals surface area contributed by atoms with Crippen LogP contribution in [0, 0.1) is 0 Å². The molecule has 0 radical (unpaired) electrons. The molecule has 18 heteroatoms. The predicted octanol–water partition coefficient (Wildman–Crippen LogP) is -1.43. The Hall–Kier alpha value is -5.01. The number of aliphatic hydroxyl groups is 1. The quantitative estimate of drug-likeness (QED) is 0.0339.